The molecule has 0 aliphatic carbocycles. The van der Waals surface area contributed by atoms with Crippen LogP contribution in [-0.2, 0) is 10.2 Å². The summed E-state index contributed by atoms with van der Waals surface area (Å²) in [5.41, 5.74) is 1.90. The number of nitrogens with zero attached hydrogens (tertiary/aromatic N) is 1. The summed E-state index contributed by atoms with van der Waals surface area (Å²) in [6.07, 6.45) is -1.03. The van der Waals surface area contributed by atoms with Crippen molar-refractivity contribution in [3.05, 3.63) is 75.3 Å². The van der Waals surface area contributed by atoms with Crippen molar-refractivity contribution in [3.63, 3.8) is 0 Å². The number of carbonyl (C=O) groups is 2. The SMILES string of the molecule is CC(C)[C@H](NC(=O)c1ccc(C(C)(C)C)cc1)C(=O)NC[C@@H](O)c1ccc([N+](=O)[O-])cc1. The maximum Gasteiger partial charge on any atom is 0.269 e. The number of carbonyl (C=O) groups excluding carboxylic acids is 2. The molecule has 0 aliphatic rings. The van der Waals surface area contributed by atoms with E-state index in [0.29, 0.717) is 11.1 Å². The van der Waals surface area contributed by atoms with Gasteiger partial charge in [0.15, 0.2) is 0 Å². The Balaban J connectivity index is 1.99. The first-order valence-electron chi connectivity index (χ1n) is 10.5. The van der Waals surface area contributed by atoms with Crippen molar-refractivity contribution in [1.29, 1.82) is 0 Å². The molecule has 2 aromatic rings. The van der Waals surface area contributed by atoms with E-state index in [2.05, 4.69) is 31.4 Å². The summed E-state index contributed by atoms with van der Waals surface area (Å²) in [5, 5.41) is 26.5. The normalized spacial score (nSPS) is 13.3. The number of non-ortho nitro benzene ring substituents is 1. The van der Waals surface area contributed by atoms with E-state index in [-0.39, 0.29) is 29.5 Å². The Labute approximate surface area is 188 Å². The molecule has 2 rings (SSSR count). The van der Waals surface area contributed by atoms with E-state index in [1.165, 1.54) is 24.3 Å². The van der Waals surface area contributed by atoms with Gasteiger partial charge in [-0.15, -0.1) is 0 Å². The minimum atomic E-state index is -1.03. The molecule has 0 saturated heterocycles. The van der Waals surface area contributed by atoms with E-state index in [1.807, 2.05) is 26.0 Å². The zero-order chi connectivity index (χ0) is 24.1. The van der Waals surface area contributed by atoms with Crippen molar-refractivity contribution in [2.45, 2.75) is 52.2 Å². The summed E-state index contributed by atoms with van der Waals surface area (Å²) in [7, 11) is 0. The maximum atomic E-state index is 12.7. The minimum absolute atomic E-state index is 0.0279. The highest BCUT2D eigenvalue weighted by Crippen LogP contribution is 2.22. The van der Waals surface area contributed by atoms with Crippen LogP contribution in [0.1, 0.15) is 62.2 Å². The van der Waals surface area contributed by atoms with Crippen molar-refractivity contribution in [1.82, 2.24) is 10.6 Å². The first-order valence-corrected chi connectivity index (χ1v) is 10.5. The standard InChI is InChI=1S/C24H31N3O5/c1-15(2)21(26-22(29)17-6-10-18(11-7-17)24(3,4)5)23(30)25-14-20(28)16-8-12-19(13-9-16)27(31)32/h6-13,15,20-21,28H,14H2,1-5H3,(H,25,30)(H,26,29)/t20-,21+/m1/s1. The Bertz CT molecular complexity index is 947. The molecule has 8 heteroatoms. The average molecular weight is 442 g/mol. The van der Waals surface area contributed by atoms with E-state index in [1.54, 1.807) is 12.1 Å². The number of hydrogen-bond acceptors (Lipinski definition) is 5. The molecule has 0 bridgehead atoms. The Hall–Kier alpha value is -3.26. The maximum absolute atomic E-state index is 12.7. The molecule has 8 nitrogen and oxygen atoms in total. The van der Waals surface area contributed by atoms with Gasteiger partial charge in [0.05, 0.1) is 11.0 Å². The minimum Gasteiger partial charge on any atom is -0.387 e. The van der Waals surface area contributed by atoms with E-state index < -0.39 is 23.0 Å². The van der Waals surface area contributed by atoms with Crippen LogP contribution >= 0.6 is 0 Å². The van der Waals surface area contributed by atoms with Crippen molar-refractivity contribution in [2.24, 2.45) is 5.92 Å². The van der Waals surface area contributed by atoms with Gasteiger partial charge in [0, 0.05) is 24.2 Å². The third-order valence-electron chi connectivity index (χ3n) is 5.21. The first kappa shape index (κ1) is 25.0. The lowest BCUT2D eigenvalue weighted by molar-refractivity contribution is -0.384. The van der Waals surface area contributed by atoms with Gasteiger partial charge in [-0.05, 0) is 46.7 Å². The average Bonchev–Trinajstić information content (AvgIpc) is 2.74. The third kappa shape index (κ3) is 6.62. The molecule has 2 atom stereocenters. The highest BCUT2D eigenvalue weighted by molar-refractivity contribution is 5.97. The molecule has 172 valence electrons. The zero-order valence-electron chi connectivity index (χ0n) is 19.1. The summed E-state index contributed by atoms with van der Waals surface area (Å²) in [5.74, 6) is -0.944. The molecule has 0 aromatic heterocycles. The van der Waals surface area contributed by atoms with Crippen LogP contribution in [0.3, 0.4) is 0 Å². The van der Waals surface area contributed by atoms with E-state index in [9.17, 15) is 24.8 Å². The van der Waals surface area contributed by atoms with Gasteiger partial charge in [-0.2, -0.15) is 0 Å². The summed E-state index contributed by atoms with van der Waals surface area (Å²) in [6, 6.07) is 12.0. The predicted molar refractivity (Wildman–Crippen MR) is 122 cm³/mol. The number of benzene rings is 2. The Kier molecular flexibility index (Phi) is 8.10. The molecular weight excluding hydrogens is 410 g/mol. The summed E-state index contributed by atoms with van der Waals surface area (Å²) in [4.78, 5) is 35.6. The van der Waals surface area contributed by atoms with Gasteiger partial charge >= 0.3 is 0 Å². The van der Waals surface area contributed by atoms with Crippen LogP contribution in [0.5, 0.6) is 0 Å². The fourth-order valence-electron chi connectivity index (χ4n) is 3.12. The van der Waals surface area contributed by atoms with E-state index >= 15 is 0 Å². The molecule has 0 heterocycles. The second-order valence-electron chi connectivity index (χ2n) is 9.13. The number of amides is 2. The fourth-order valence-corrected chi connectivity index (χ4v) is 3.12. The highest BCUT2D eigenvalue weighted by atomic mass is 16.6. The fraction of sp³-hybridized carbons (Fsp3) is 0.417. The lowest BCUT2D eigenvalue weighted by Gasteiger charge is -2.23. The van der Waals surface area contributed by atoms with Gasteiger partial charge in [0.1, 0.15) is 6.04 Å². The molecule has 2 aromatic carbocycles. The lowest BCUT2D eigenvalue weighted by Crippen LogP contribution is -2.50. The number of nitro groups is 1. The largest absolute Gasteiger partial charge is 0.387 e. The molecule has 0 unspecified atom stereocenters. The second kappa shape index (κ2) is 10.4. The first-order chi connectivity index (χ1) is 14.9. The van der Waals surface area contributed by atoms with Crippen molar-refractivity contribution < 1.29 is 19.6 Å². The number of rotatable bonds is 8. The van der Waals surface area contributed by atoms with Crippen LogP contribution in [0.4, 0.5) is 5.69 Å². The lowest BCUT2D eigenvalue weighted by atomic mass is 9.86. The van der Waals surface area contributed by atoms with Gasteiger partial charge in [0.25, 0.3) is 11.6 Å². The Morgan fingerprint density at radius 3 is 2.06 bits per heavy atom. The summed E-state index contributed by atoms with van der Waals surface area (Å²) >= 11 is 0. The second-order valence-corrected chi connectivity index (χ2v) is 9.13. The number of aliphatic hydroxyl groups is 1. The van der Waals surface area contributed by atoms with Crippen molar-refractivity contribution in [3.8, 4) is 0 Å². The van der Waals surface area contributed by atoms with Gasteiger partial charge in [-0.25, -0.2) is 0 Å². The van der Waals surface area contributed by atoms with Gasteiger partial charge < -0.3 is 15.7 Å². The monoisotopic (exact) mass is 441 g/mol. The highest BCUT2D eigenvalue weighted by Gasteiger charge is 2.25. The molecule has 0 spiro atoms. The number of aliphatic hydroxyl groups excluding tert-OH is 1. The van der Waals surface area contributed by atoms with Crippen LogP contribution < -0.4 is 10.6 Å². The molecular formula is C24H31N3O5. The van der Waals surface area contributed by atoms with Crippen LogP contribution in [0.15, 0.2) is 48.5 Å². The number of hydrogen-bond donors (Lipinski definition) is 3. The van der Waals surface area contributed by atoms with Gasteiger partial charge in [0.2, 0.25) is 5.91 Å². The quantitative estimate of drug-likeness (QED) is 0.428. The third-order valence-corrected chi connectivity index (χ3v) is 5.21. The zero-order valence-corrected chi connectivity index (χ0v) is 19.1. The molecule has 3 N–H and O–H groups in total. The topological polar surface area (TPSA) is 122 Å². The van der Waals surface area contributed by atoms with E-state index in [4.69, 9.17) is 0 Å². The van der Waals surface area contributed by atoms with Gasteiger partial charge in [-0.3, -0.25) is 19.7 Å². The van der Waals surface area contributed by atoms with Gasteiger partial charge in [-0.1, -0.05) is 46.8 Å². The van der Waals surface area contributed by atoms with Crippen molar-refractivity contribution >= 4 is 17.5 Å². The van der Waals surface area contributed by atoms with Crippen LogP contribution in [0.25, 0.3) is 0 Å². The predicted octanol–water partition coefficient (Wildman–Crippen LogP) is 3.50. The van der Waals surface area contributed by atoms with Crippen LogP contribution in [-0.4, -0.2) is 34.4 Å². The molecule has 0 saturated carbocycles. The molecule has 0 radical (unpaired) electrons. The molecule has 2 amide bonds. The van der Waals surface area contributed by atoms with Crippen LogP contribution in [0, 0.1) is 16.0 Å². The number of nitrogens with one attached hydrogen (secondary N) is 2. The Morgan fingerprint density at radius 1 is 1.03 bits per heavy atom. The Morgan fingerprint density at radius 2 is 1.59 bits per heavy atom. The van der Waals surface area contributed by atoms with Crippen molar-refractivity contribution in [2.75, 3.05) is 6.54 Å². The summed E-state index contributed by atoms with van der Waals surface area (Å²) in [6.45, 7) is 9.82. The number of nitro benzene ring substituents is 1. The summed E-state index contributed by atoms with van der Waals surface area (Å²) < 4.78 is 0. The molecule has 32 heavy (non-hydrogen) atoms. The smallest absolute Gasteiger partial charge is 0.269 e. The molecule has 0 aliphatic heterocycles. The van der Waals surface area contributed by atoms with E-state index in [0.717, 1.165) is 5.56 Å². The molecule has 0 fully saturated rings. The van der Waals surface area contributed by atoms with Crippen LogP contribution in [0.2, 0.25) is 0 Å².